The zero-order valence-electron chi connectivity index (χ0n) is 14.7. The average Bonchev–Trinajstić information content (AvgIpc) is 3.39. The highest BCUT2D eigenvalue weighted by molar-refractivity contribution is 7.11. The number of methoxy groups -OCH3 is 1. The van der Waals surface area contributed by atoms with E-state index in [0.717, 1.165) is 12.8 Å². The zero-order valence-corrected chi connectivity index (χ0v) is 15.5. The van der Waals surface area contributed by atoms with Crippen LogP contribution in [0.1, 0.15) is 33.0 Å². The summed E-state index contributed by atoms with van der Waals surface area (Å²) in [4.78, 5) is 17.5. The summed E-state index contributed by atoms with van der Waals surface area (Å²) in [6.45, 7) is 3.54. The molecule has 5 nitrogen and oxygen atoms in total. The lowest BCUT2D eigenvalue weighted by Gasteiger charge is -2.22. The maximum absolute atomic E-state index is 13.1. The molecule has 0 aliphatic heterocycles. The quantitative estimate of drug-likeness (QED) is 0.785. The molecule has 3 rings (SSSR count). The summed E-state index contributed by atoms with van der Waals surface area (Å²) in [6, 6.07) is 9.87. The Morgan fingerprint density at radius 2 is 2.08 bits per heavy atom. The van der Waals surface area contributed by atoms with E-state index in [1.807, 2.05) is 4.90 Å². The van der Waals surface area contributed by atoms with E-state index >= 15 is 0 Å². The van der Waals surface area contributed by atoms with Crippen LogP contribution in [0.25, 0.3) is 0 Å². The van der Waals surface area contributed by atoms with Crippen LogP contribution in [0.2, 0.25) is 0 Å². The molecule has 1 aliphatic carbocycles. The Morgan fingerprint density at radius 3 is 2.68 bits per heavy atom. The van der Waals surface area contributed by atoms with Gasteiger partial charge in [-0.2, -0.15) is 0 Å². The van der Waals surface area contributed by atoms with Crippen LogP contribution in [0.4, 0.5) is 0 Å². The Kier molecular flexibility index (Phi) is 5.60. The number of rotatable bonds is 8. The lowest BCUT2D eigenvalue weighted by atomic mass is 10.1. The Bertz CT molecular complexity index is 740. The van der Waals surface area contributed by atoms with Gasteiger partial charge in [0.15, 0.2) is 11.5 Å². The molecular weight excluding hydrogens is 336 g/mol. The van der Waals surface area contributed by atoms with Gasteiger partial charge in [0, 0.05) is 27.9 Å². The minimum Gasteiger partial charge on any atom is -0.493 e. The standard InChI is InChI=1S/C19H24N2O3S/c1-13-3-7-16(25-13)12-21(15-5-6-15)19(22)14-4-8-17(23-2)18(11-14)24-10-9-20/h3-4,7-8,11,15H,5-6,9-10,12,20H2,1-2H3. The molecule has 134 valence electrons. The monoisotopic (exact) mass is 360 g/mol. The van der Waals surface area contributed by atoms with Crippen molar-refractivity contribution in [3.63, 3.8) is 0 Å². The SMILES string of the molecule is COc1ccc(C(=O)N(Cc2ccc(C)s2)C2CC2)cc1OCCN. The number of amides is 1. The predicted octanol–water partition coefficient (Wildman–Crippen LogP) is 3.21. The molecule has 1 heterocycles. The lowest BCUT2D eigenvalue weighted by Crippen LogP contribution is -2.32. The fourth-order valence-electron chi connectivity index (χ4n) is 2.75. The molecule has 0 atom stereocenters. The van der Waals surface area contributed by atoms with Gasteiger partial charge in [-0.15, -0.1) is 11.3 Å². The smallest absolute Gasteiger partial charge is 0.254 e. The fourth-order valence-corrected chi connectivity index (χ4v) is 3.64. The van der Waals surface area contributed by atoms with E-state index in [4.69, 9.17) is 15.2 Å². The molecule has 0 radical (unpaired) electrons. The molecule has 2 N–H and O–H groups in total. The molecule has 1 fully saturated rings. The molecule has 6 heteroatoms. The maximum atomic E-state index is 13.1. The first-order valence-corrected chi connectivity index (χ1v) is 9.31. The number of benzene rings is 1. The maximum Gasteiger partial charge on any atom is 0.254 e. The number of aryl methyl sites for hydroxylation is 1. The Hall–Kier alpha value is -2.05. The molecule has 0 spiro atoms. The van der Waals surface area contributed by atoms with E-state index in [1.54, 1.807) is 36.6 Å². The summed E-state index contributed by atoms with van der Waals surface area (Å²) in [6.07, 6.45) is 2.14. The van der Waals surface area contributed by atoms with E-state index in [1.165, 1.54) is 9.75 Å². The molecular formula is C19H24N2O3S. The third-order valence-electron chi connectivity index (χ3n) is 4.16. The summed E-state index contributed by atoms with van der Waals surface area (Å²) < 4.78 is 10.9. The van der Waals surface area contributed by atoms with Gasteiger partial charge in [0.05, 0.1) is 13.7 Å². The molecule has 25 heavy (non-hydrogen) atoms. The van der Waals surface area contributed by atoms with Crippen molar-refractivity contribution < 1.29 is 14.3 Å². The third-order valence-corrected chi connectivity index (χ3v) is 5.14. The molecule has 1 amide bonds. The second-order valence-electron chi connectivity index (χ2n) is 6.18. The number of hydrogen-bond donors (Lipinski definition) is 1. The van der Waals surface area contributed by atoms with Crippen LogP contribution in [-0.2, 0) is 6.54 Å². The van der Waals surface area contributed by atoms with E-state index in [9.17, 15) is 4.79 Å². The van der Waals surface area contributed by atoms with Crippen molar-refractivity contribution in [1.29, 1.82) is 0 Å². The Balaban J connectivity index is 1.81. The Morgan fingerprint density at radius 1 is 1.28 bits per heavy atom. The van der Waals surface area contributed by atoms with Gasteiger partial charge in [-0.25, -0.2) is 0 Å². The molecule has 2 aromatic rings. The van der Waals surface area contributed by atoms with Crippen molar-refractivity contribution >= 4 is 17.2 Å². The number of carbonyl (C=O) groups excluding carboxylic acids is 1. The van der Waals surface area contributed by atoms with Crippen LogP contribution in [0, 0.1) is 6.92 Å². The largest absolute Gasteiger partial charge is 0.493 e. The van der Waals surface area contributed by atoms with Gasteiger partial charge in [0.2, 0.25) is 0 Å². The first kappa shape index (κ1) is 17.8. The summed E-state index contributed by atoms with van der Waals surface area (Å²) in [5, 5.41) is 0. The van der Waals surface area contributed by atoms with Crippen molar-refractivity contribution in [2.75, 3.05) is 20.3 Å². The van der Waals surface area contributed by atoms with Crippen molar-refractivity contribution in [2.45, 2.75) is 32.4 Å². The van der Waals surface area contributed by atoms with Crippen LogP contribution in [-0.4, -0.2) is 37.1 Å². The minimum absolute atomic E-state index is 0.0359. The highest BCUT2D eigenvalue weighted by Crippen LogP contribution is 2.33. The number of hydrogen-bond acceptors (Lipinski definition) is 5. The lowest BCUT2D eigenvalue weighted by molar-refractivity contribution is 0.0731. The molecule has 0 saturated heterocycles. The second-order valence-corrected chi connectivity index (χ2v) is 7.55. The number of ether oxygens (including phenoxy) is 2. The second kappa shape index (κ2) is 7.89. The van der Waals surface area contributed by atoms with E-state index in [2.05, 4.69) is 19.1 Å². The molecule has 0 unspecified atom stereocenters. The normalized spacial score (nSPS) is 13.6. The topological polar surface area (TPSA) is 64.8 Å². The van der Waals surface area contributed by atoms with Gasteiger partial charge < -0.3 is 20.1 Å². The predicted molar refractivity (Wildman–Crippen MR) is 99.5 cm³/mol. The van der Waals surface area contributed by atoms with E-state index in [0.29, 0.717) is 42.8 Å². The van der Waals surface area contributed by atoms with Gasteiger partial charge in [0.25, 0.3) is 5.91 Å². The number of nitrogens with zero attached hydrogens (tertiary/aromatic N) is 1. The van der Waals surface area contributed by atoms with Crippen LogP contribution < -0.4 is 15.2 Å². The van der Waals surface area contributed by atoms with Crippen LogP contribution in [0.3, 0.4) is 0 Å². The average molecular weight is 360 g/mol. The molecule has 1 aromatic carbocycles. The van der Waals surface area contributed by atoms with Gasteiger partial charge in [-0.3, -0.25) is 4.79 Å². The van der Waals surface area contributed by atoms with Gasteiger partial charge in [-0.05, 0) is 50.1 Å². The summed E-state index contributed by atoms with van der Waals surface area (Å²) in [7, 11) is 1.59. The summed E-state index contributed by atoms with van der Waals surface area (Å²) in [5.74, 6) is 1.20. The van der Waals surface area contributed by atoms with Crippen LogP contribution >= 0.6 is 11.3 Å². The van der Waals surface area contributed by atoms with Crippen molar-refractivity contribution in [1.82, 2.24) is 4.90 Å². The minimum atomic E-state index is 0.0359. The third kappa shape index (κ3) is 4.32. The zero-order chi connectivity index (χ0) is 17.8. The van der Waals surface area contributed by atoms with Crippen molar-refractivity contribution in [2.24, 2.45) is 5.73 Å². The molecule has 1 aliphatic rings. The van der Waals surface area contributed by atoms with Gasteiger partial charge in [-0.1, -0.05) is 0 Å². The highest BCUT2D eigenvalue weighted by Gasteiger charge is 2.33. The van der Waals surface area contributed by atoms with Gasteiger partial charge in [0.1, 0.15) is 6.61 Å². The van der Waals surface area contributed by atoms with E-state index < -0.39 is 0 Å². The summed E-state index contributed by atoms with van der Waals surface area (Å²) >= 11 is 1.74. The first-order valence-electron chi connectivity index (χ1n) is 8.49. The number of carbonyl (C=O) groups is 1. The molecule has 1 aromatic heterocycles. The Labute approximate surface area is 152 Å². The number of thiophene rings is 1. The fraction of sp³-hybridized carbons (Fsp3) is 0.421. The van der Waals surface area contributed by atoms with E-state index in [-0.39, 0.29) is 5.91 Å². The van der Waals surface area contributed by atoms with Crippen LogP contribution in [0.5, 0.6) is 11.5 Å². The van der Waals surface area contributed by atoms with Crippen LogP contribution in [0.15, 0.2) is 30.3 Å². The summed E-state index contributed by atoms with van der Waals surface area (Å²) in [5.41, 5.74) is 6.13. The molecule has 1 saturated carbocycles. The van der Waals surface area contributed by atoms with Gasteiger partial charge >= 0.3 is 0 Å². The first-order chi connectivity index (χ1) is 12.1. The van der Waals surface area contributed by atoms with Crippen molar-refractivity contribution in [3.05, 3.63) is 45.6 Å². The van der Waals surface area contributed by atoms with Crippen molar-refractivity contribution in [3.8, 4) is 11.5 Å². The number of nitrogens with two attached hydrogens (primary N) is 1. The molecule has 0 bridgehead atoms. The highest BCUT2D eigenvalue weighted by atomic mass is 32.1.